The van der Waals surface area contributed by atoms with Crippen molar-refractivity contribution in [3.8, 4) is 0 Å². The van der Waals surface area contributed by atoms with Crippen LogP contribution in [0.15, 0.2) is 30.7 Å². The second-order valence-electron chi connectivity index (χ2n) is 5.51. The predicted octanol–water partition coefficient (Wildman–Crippen LogP) is 2.47. The van der Waals surface area contributed by atoms with Gasteiger partial charge in [-0.15, -0.1) is 0 Å². The van der Waals surface area contributed by atoms with Crippen LogP contribution in [-0.4, -0.2) is 40.4 Å². The Morgan fingerprint density at radius 3 is 2.95 bits per heavy atom. The Bertz CT molecular complexity index is 687. The minimum Gasteiger partial charge on any atom is -0.449 e. The van der Waals surface area contributed by atoms with Gasteiger partial charge in [-0.1, -0.05) is 12.2 Å². The summed E-state index contributed by atoms with van der Waals surface area (Å²) in [5.74, 6) is -1.35. The molecule has 3 rings (SSSR count). The van der Waals surface area contributed by atoms with Crippen molar-refractivity contribution in [2.24, 2.45) is 0 Å². The maximum atomic E-state index is 12.7. The maximum Gasteiger partial charge on any atom is 0.483 e. The van der Waals surface area contributed by atoms with Crippen molar-refractivity contribution in [3.63, 3.8) is 0 Å². The fourth-order valence-corrected chi connectivity index (χ4v) is 2.63. The topological polar surface area (TPSA) is 49.6 Å². The molecule has 0 bridgehead atoms. The SMILES string of the molecule is O=C(NCc1ccn2ccnc2c1)N1CCC([B-](F)(F)F)C1. The summed E-state index contributed by atoms with van der Waals surface area (Å²) in [5, 5.41) is 2.66. The van der Waals surface area contributed by atoms with Crippen molar-refractivity contribution < 1.29 is 17.7 Å². The van der Waals surface area contributed by atoms with Gasteiger partial charge in [0, 0.05) is 38.2 Å². The number of rotatable bonds is 3. The van der Waals surface area contributed by atoms with E-state index in [9.17, 15) is 17.7 Å². The second kappa shape index (κ2) is 5.55. The fraction of sp³-hybridized carbons (Fsp3) is 0.385. The van der Waals surface area contributed by atoms with Crippen LogP contribution >= 0.6 is 0 Å². The summed E-state index contributed by atoms with van der Waals surface area (Å²) >= 11 is 0. The van der Waals surface area contributed by atoms with E-state index in [1.165, 1.54) is 4.90 Å². The van der Waals surface area contributed by atoms with Crippen molar-refractivity contribution in [1.82, 2.24) is 19.6 Å². The molecule has 22 heavy (non-hydrogen) atoms. The summed E-state index contributed by atoms with van der Waals surface area (Å²) in [6.07, 6.45) is 5.29. The van der Waals surface area contributed by atoms with Gasteiger partial charge in [0.2, 0.25) is 0 Å². The fourth-order valence-electron chi connectivity index (χ4n) is 2.63. The van der Waals surface area contributed by atoms with Gasteiger partial charge in [0.1, 0.15) is 5.65 Å². The molecule has 1 aliphatic heterocycles. The number of carbonyl (C=O) groups excluding carboxylic acids is 1. The average Bonchev–Trinajstić information content (AvgIpc) is 3.12. The molecular formula is C13H15BF3N4O-. The minimum atomic E-state index is -4.87. The summed E-state index contributed by atoms with van der Waals surface area (Å²) in [6.45, 7) is -4.70. The maximum absolute atomic E-state index is 12.7. The molecule has 2 amide bonds. The third kappa shape index (κ3) is 3.02. The number of urea groups is 1. The van der Waals surface area contributed by atoms with Gasteiger partial charge in [0.15, 0.2) is 0 Å². The Hall–Kier alpha value is -2.19. The van der Waals surface area contributed by atoms with E-state index in [2.05, 4.69) is 10.3 Å². The largest absolute Gasteiger partial charge is 0.483 e. The van der Waals surface area contributed by atoms with Crippen LogP contribution in [0.4, 0.5) is 17.7 Å². The average molecular weight is 311 g/mol. The number of fused-ring (bicyclic) bond motifs is 1. The number of pyridine rings is 1. The number of imidazole rings is 1. The Morgan fingerprint density at radius 2 is 2.23 bits per heavy atom. The lowest BCUT2D eigenvalue weighted by atomic mass is 9.72. The zero-order valence-electron chi connectivity index (χ0n) is 11.8. The molecule has 1 saturated heterocycles. The number of halogens is 3. The van der Waals surface area contributed by atoms with Crippen molar-refractivity contribution in [2.75, 3.05) is 13.1 Å². The van der Waals surface area contributed by atoms with Crippen LogP contribution in [0.1, 0.15) is 12.0 Å². The number of aromatic nitrogens is 2. The van der Waals surface area contributed by atoms with Crippen LogP contribution in [0.25, 0.3) is 5.65 Å². The molecule has 1 N–H and O–H groups in total. The van der Waals surface area contributed by atoms with E-state index in [4.69, 9.17) is 0 Å². The molecule has 0 radical (unpaired) electrons. The second-order valence-corrected chi connectivity index (χ2v) is 5.51. The number of carbonyl (C=O) groups is 1. The van der Waals surface area contributed by atoms with Crippen molar-refractivity contribution in [2.45, 2.75) is 18.8 Å². The van der Waals surface area contributed by atoms with Crippen LogP contribution in [0, 0.1) is 0 Å². The zero-order chi connectivity index (χ0) is 15.7. The van der Waals surface area contributed by atoms with E-state index in [-0.39, 0.29) is 26.1 Å². The van der Waals surface area contributed by atoms with Crippen LogP contribution in [-0.2, 0) is 6.54 Å². The van der Waals surface area contributed by atoms with E-state index in [1.54, 1.807) is 12.4 Å². The highest BCUT2D eigenvalue weighted by Crippen LogP contribution is 2.34. The molecule has 0 saturated carbocycles. The summed E-state index contributed by atoms with van der Waals surface area (Å²) in [6, 6.07) is 3.21. The number of amides is 2. The Kier molecular flexibility index (Phi) is 3.72. The zero-order valence-corrected chi connectivity index (χ0v) is 11.8. The number of nitrogens with one attached hydrogen (secondary N) is 1. The predicted molar refractivity (Wildman–Crippen MR) is 76.4 cm³/mol. The molecule has 9 heteroatoms. The van der Waals surface area contributed by atoms with Crippen LogP contribution in [0.2, 0.25) is 5.82 Å². The molecule has 1 unspecified atom stereocenters. The number of hydrogen-bond donors (Lipinski definition) is 1. The third-order valence-electron chi connectivity index (χ3n) is 3.95. The lowest BCUT2D eigenvalue weighted by Crippen LogP contribution is -2.39. The van der Waals surface area contributed by atoms with Crippen molar-refractivity contribution in [3.05, 3.63) is 36.3 Å². The highest BCUT2D eigenvalue weighted by molar-refractivity contribution is 6.60. The van der Waals surface area contributed by atoms with Gasteiger partial charge >= 0.3 is 13.0 Å². The first-order valence-electron chi connectivity index (χ1n) is 7.08. The quantitative estimate of drug-likeness (QED) is 0.885. The van der Waals surface area contributed by atoms with Crippen LogP contribution in [0.3, 0.4) is 0 Å². The molecule has 3 heterocycles. The van der Waals surface area contributed by atoms with Gasteiger partial charge in [-0.25, -0.2) is 9.78 Å². The van der Waals surface area contributed by atoms with Gasteiger partial charge in [0.05, 0.1) is 0 Å². The Morgan fingerprint density at radius 1 is 1.41 bits per heavy atom. The van der Waals surface area contributed by atoms with Gasteiger partial charge in [-0.3, -0.25) is 0 Å². The molecule has 0 spiro atoms. The molecule has 1 fully saturated rings. The normalized spacial score (nSPS) is 18.9. The first-order chi connectivity index (χ1) is 10.4. The Balaban J connectivity index is 1.56. The van der Waals surface area contributed by atoms with E-state index in [0.29, 0.717) is 0 Å². The van der Waals surface area contributed by atoms with Crippen LogP contribution < -0.4 is 5.32 Å². The van der Waals surface area contributed by atoms with E-state index in [1.807, 2.05) is 22.7 Å². The summed E-state index contributed by atoms with van der Waals surface area (Å²) in [7, 11) is 0. The highest BCUT2D eigenvalue weighted by Gasteiger charge is 2.40. The lowest BCUT2D eigenvalue weighted by Gasteiger charge is -2.23. The Labute approximate surface area is 125 Å². The van der Waals surface area contributed by atoms with Crippen molar-refractivity contribution >= 4 is 18.7 Å². The van der Waals surface area contributed by atoms with Gasteiger partial charge in [0.25, 0.3) is 0 Å². The molecule has 1 atom stereocenters. The molecular weight excluding hydrogens is 296 g/mol. The summed E-state index contributed by atoms with van der Waals surface area (Å²) in [4.78, 5) is 17.3. The molecule has 5 nitrogen and oxygen atoms in total. The minimum absolute atomic E-state index is 0.00302. The molecule has 2 aromatic heterocycles. The van der Waals surface area contributed by atoms with E-state index in [0.717, 1.165) is 11.2 Å². The number of hydrogen-bond acceptors (Lipinski definition) is 2. The third-order valence-corrected chi connectivity index (χ3v) is 3.95. The molecule has 2 aromatic rings. The summed E-state index contributed by atoms with van der Waals surface area (Å²) in [5.41, 5.74) is 1.61. The molecule has 0 aromatic carbocycles. The molecule has 1 aliphatic rings. The first kappa shape index (κ1) is 14.7. The highest BCUT2D eigenvalue weighted by atomic mass is 19.4. The van der Waals surface area contributed by atoms with Crippen LogP contribution in [0.5, 0.6) is 0 Å². The van der Waals surface area contributed by atoms with Gasteiger partial charge in [-0.2, -0.15) is 0 Å². The number of likely N-dealkylation sites (tertiary alicyclic amines) is 1. The smallest absolute Gasteiger partial charge is 0.449 e. The van der Waals surface area contributed by atoms with E-state index >= 15 is 0 Å². The van der Waals surface area contributed by atoms with Gasteiger partial charge in [-0.05, 0) is 17.7 Å². The monoisotopic (exact) mass is 311 g/mol. The van der Waals surface area contributed by atoms with Crippen molar-refractivity contribution in [1.29, 1.82) is 0 Å². The number of nitrogens with zero attached hydrogens (tertiary/aromatic N) is 3. The first-order valence-corrected chi connectivity index (χ1v) is 7.08. The van der Waals surface area contributed by atoms with E-state index < -0.39 is 18.8 Å². The summed E-state index contributed by atoms with van der Waals surface area (Å²) < 4.78 is 39.8. The van der Waals surface area contributed by atoms with Gasteiger partial charge < -0.3 is 27.6 Å². The standard InChI is InChI=1S/C13H15BF3N4O/c15-14(16,17)11-2-5-21(9-11)13(22)19-8-10-1-4-20-6-3-18-12(20)7-10/h1,3-4,6-7,11H,2,5,8-9H2,(H,19,22)/q-1. The molecule has 0 aliphatic carbocycles. The lowest BCUT2D eigenvalue weighted by molar-refractivity contribution is 0.208. The molecule has 118 valence electrons.